The van der Waals surface area contributed by atoms with Crippen LogP contribution in [0.1, 0.15) is 29.2 Å². The summed E-state index contributed by atoms with van der Waals surface area (Å²) in [5, 5.41) is 14.3. The van der Waals surface area contributed by atoms with Crippen molar-refractivity contribution < 1.29 is 14.5 Å². The smallest absolute Gasteiger partial charge is 0.273 e. The minimum absolute atomic E-state index is 0.108. The molecular formula is C27H29N3O4. The van der Waals surface area contributed by atoms with Gasteiger partial charge in [-0.1, -0.05) is 78.4 Å². The van der Waals surface area contributed by atoms with Crippen molar-refractivity contribution in [2.75, 3.05) is 6.54 Å². The molecule has 0 aliphatic carbocycles. The number of nitro benzene ring substituents is 1. The standard InChI is InChI=1S/C27H29N3O4/c1-3-28-27(32)25(17-21-9-5-4-6-10-21)29(19-22-15-13-20(2)14-16-22)26(31)18-23-11-7-8-12-24(23)30(33)34/h4-16,25H,3,17-19H2,1-2H3,(H,28,32)/t25-/m0/s1. The summed E-state index contributed by atoms with van der Waals surface area (Å²) in [6.07, 6.45) is 0.162. The van der Waals surface area contributed by atoms with Gasteiger partial charge in [-0.15, -0.1) is 0 Å². The summed E-state index contributed by atoms with van der Waals surface area (Å²) in [4.78, 5) is 39.3. The molecule has 0 fully saturated rings. The van der Waals surface area contributed by atoms with Crippen LogP contribution in [0.25, 0.3) is 0 Å². The molecule has 0 unspecified atom stereocenters. The van der Waals surface area contributed by atoms with Gasteiger partial charge in [0.15, 0.2) is 0 Å². The lowest BCUT2D eigenvalue weighted by Crippen LogP contribution is -2.51. The van der Waals surface area contributed by atoms with Gasteiger partial charge in [0.25, 0.3) is 5.69 Å². The van der Waals surface area contributed by atoms with E-state index in [0.29, 0.717) is 18.5 Å². The Kier molecular flexibility index (Phi) is 8.51. The van der Waals surface area contributed by atoms with Crippen LogP contribution >= 0.6 is 0 Å². The van der Waals surface area contributed by atoms with Gasteiger partial charge in [-0.25, -0.2) is 0 Å². The van der Waals surface area contributed by atoms with Gasteiger partial charge in [-0.05, 0) is 25.0 Å². The molecule has 176 valence electrons. The fourth-order valence-electron chi connectivity index (χ4n) is 3.84. The van der Waals surface area contributed by atoms with Crippen molar-refractivity contribution in [2.45, 2.75) is 39.3 Å². The average molecular weight is 460 g/mol. The minimum atomic E-state index is -0.765. The Morgan fingerprint density at radius 3 is 2.24 bits per heavy atom. The van der Waals surface area contributed by atoms with Crippen molar-refractivity contribution in [1.82, 2.24) is 10.2 Å². The second kappa shape index (κ2) is 11.7. The topological polar surface area (TPSA) is 92.6 Å². The van der Waals surface area contributed by atoms with Gasteiger partial charge in [0.05, 0.1) is 11.3 Å². The lowest BCUT2D eigenvalue weighted by molar-refractivity contribution is -0.385. The first kappa shape index (κ1) is 24.6. The molecular weight excluding hydrogens is 430 g/mol. The number of aryl methyl sites for hydroxylation is 1. The lowest BCUT2D eigenvalue weighted by Gasteiger charge is -2.31. The first-order valence-corrected chi connectivity index (χ1v) is 11.3. The van der Waals surface area contributed by atoms with E-state index in [1.54, 1.807) is 23.1 Å². The molecule has 7 heteroatoms. The predicted molar refractivity (Wildman–Crippen MR) is 131 cm³/mol. The maximum atomic E-state index is 13.6. The summed E-state index contributed by atoms with van der Waals surface area (Å²) >= 11 is 0. The number of carbonyl (C=O) groups excluding carboxylic acids is 2. The Labute approximate surface area is 199 Å². The molecule has 0 aliphatic rings. The van der Waals surface area contributed by atoms with Crippen molar-refractivity contribution in [2.24, 2.45) is 0 Å². The number of rotatable bonds is 10. The SMILES string of the molecule is CCNC(=O)[C@H](Cc1ccccc1)N(Cc1ccc(C)cc1)C(=O)Cc1ccccc1[N+](=O)[O-]. The van der Waals surface area contributed by atoms with Crippen LogP contribution in [0.5, 0.6) is 0 Å². The summed E-state index contributed by atoms with van der Waals surface area (Å²) in [6.45, 7) is 4.46. The summed E-state index contributed by atoms with van der Waals surface area (Å²) < 4.78 is 0. The van der Waals surface area contributed by atoms with Crippen LogP contribution in [0.3, 0.4) is 0 Å². The van der Waals surface area contributed by atoms with Crippen LogP contribution in [0, 0.1) is 17.0 Å². The quantitative estimate of drug-likeness (QED) is 0.363. The van der Waals surface area contributed by atoms with Crippen molar-refractivity contribution in [3.63, 3.8) is 0 Å². The molecule has 0 heterocycles. The molecule has 3 aromatic rings. The Balaban J connectivity index is 1.99. The van der Waals surface area contributed by atoms with E-state index in [-0.39, 0.29) is 30.5 Å². The predicted octanol–water partition coefficient (Wildman–Crippen LogP) is 4.22. The Bertz CT molecular complexity index is 1130. The van der Waals surface area contributed by atoms with Gasteiger partial charge in [0.2, 0.25) is 11.8 Å². The van der Waals surface area contributed by atoms with Gasteiger partial charge in [-0.2, -0.15) is 0 Å². The number of hydrogen-bond acceptors (Lipinski definition) is 4. The molecule has 34 heavy (non-hydrogen) atoms. The lowest BCUT2D eigenvalue weighted by atomic mass is 10.0. The minimum Gasteiger partial charge on any atom is -0.355 e. The van der Waals surface area contributed by atoms with Crippen molar-refractivity contribution in [1.29, 1.82) is 0 Å². The third-order valence-electron chi connectivity index (χ3n) is 5.63. The fraction of sp³-hybridized carbons (Fsp3) is 0.259. The Morgan fingerprint density at radius 1 is 0.941 bits per heavy atom. The van der Waals surface area contributed by atoms with Crippen LogP contribution in [0.2, 0.25) is 0 Å². The normalized spacial score (nSPS) is 11.5. The second-order valence-electron chi connectivity index (χ2n) is 8.17. The van der Waals surface area contributed by atoms with Crippen molar-refractivity contribution in [3.8, 4) is 0 Å². The zero-order chi connectivity index (χ0) is 24.5. The third kappa shape index (κ3) is 6.51. The van der Waals surface area contributed by atoms with Crippen LogP contribution in [0.4, 0.5) is 5.69 Å². The molecule has 7 nitrogen and oxygen atoms in total. The number of carbonyl (C=O) groups is 2. The highest BCUT2D eigenvalue weighted by molar-refractivity contribution is 5.89. The van der Waals surface area contributed by atoms with Gasteiger partial charge in [0.1, 0.15) is 6.04 Å². The Hall–Kier alpha value is -4.00. The number of nitrogens with one attached hydrogen (secondary N) is 1. The van der Waals surface area contributed by atoms with Crippen LogP contribution < -0.4 is 5.32 Å². The summed E-state index contributed by atoms with van der Waals surface area (Å²) in [5.41, 5.74) is 3.10. The molecule has 3 aromatic carbocycles. The largest absolute Gasteiger partial charge is 0.355 e. The van der Waals surface area contributed by atoms with Crippen molar-refractivity contribution in [3.05, 3.63) is 111 Å². The maximum absolute atomic E-state index is 13.6. The number of benzene rings is 3. The van der Waals surface area contributed by atoms with E-state index < -0.39 is 11.0 Å². The molecule has 0 saturated carbocycles. The van der Waals surface area contributed by atoms with E-state index in [2.05, 4.69) is 5.32 Å². The van der Waals surface area contributed by atoms with Crippen molar-refractivity contribution >= 4 is 17.5 Å². The number of hydrogen-bond donors (Lipinski definition) is 1. The number of likely N-dealkylation sites (N-methyl/N-ethyl adjacent to an activating group) is 1. The first-order valence-electron chi connectivity index (χ1n) is 11.3. The van der Waals surface area contributed by atoms with Crippen LogP contribution in [0.15, 0.2) is 78.9 Å². The Morgan fingerprint density at radius 2 is 1.59 bits per heavy atom. The van der Waals surface area contributed by atoms with E-state index in [4.69, 9.17) is 0 Å². The molecule has 0 radical (unpaired) electrons. The highest BCUT2D eigenvalue weighted by atomic mass is 16.6. The van der Waals surface area contributed by atoms with Gasteiger partial charge in [0, 0.05) is 31.1 Å². The van der Waals surface area contributed by atoms with E-state index in [1.165, 1.54) is 6.07 Å². The highest BCUT2D eigenvalue weighted by Gasteiger charge is 2.31. The molecule has 0 spiro atoms. The molecule has 0 aliphatic heterocycles. The average Bonchev–Trinajstić information content (AvgIpc) is 2.83. The monoisotopic (exact) mass is 459 g/mol. The molecule has 0 bridgehead atoms. The second-order valence-corrected chi connectivity index (χ2v) is 8.17. The molecule has 0 saturated heterocycles. The number of amides is 2. The number of para-hydroxylation sites is 1. The summed E-state index contributed by atoms with van der Waals surface area (Å²) in [6, 6.07) is 22.7. The van der Waals surface area contributed by atoms with E-state index >= 15 is 0 Å². The summed E-state index contributed by atoms with van der Waals surface area (Å²) in [7, 11) is 0. The zero-order valence-electron chi connectivity index (χ0n) is 19.4. The fourth-order valence-corrected chi connectivity index (χ4v) is 3.84. The molecule has 3 rings (SSSR count). The highest BCUT2D eigenvalue weighted by Crippen LogP contribution is 2.21. The molecule has 0 aromatic heterocycles. The number of nitrogens with zero attached hydrogens (tertiary/aromatic N) is 2. The number of nitro groups is 1. The molecule has 2 amide bonds. The van der Waals surface area contributed by atoms with Crippen LogP contribution in [-0.4, -0.2) is 34.2 Å². The maximum Gasteiger partial charge on any atom is 0.273 e. The van der Waals surface area contributed by atoms with Gasteiger partial charge < -0.3 is 10.2 Å². The third-order valence-corrected chi connectivity index (χ3v) is 5.63. The van der Waals surface area contributed by atoms with E-state index in [0.717, 1.165) is 16.7 Å². The van der Waals surface area contributed by atoms with E-state index in [1.807, 2.05) is 68.4 Å². The van der Waals surface area contributed by atoms with Crippen LogP contribution in [-0.2, 0) is 29.0 Å². The van der Waals surface area contributed by atoms with Gasteiger partial charge >= 0.3 is 0 Å². The van der Waals surface area contributed by atoms with Gasteiger partial charge in [-0.3, -0.25) is 19.7 Å². The molecule has 1 N–H and O–H groups in total. The van der Waals surface area contributed by atoms with E-state index in [9.17, 15) is 19.7 Å². The molecule has 1 atom stereocenters. The summed E-state index contributed by atoms with van der Waals surface area (Å²) in [5.74, 6) is -0.601. The zero-order valence-corrected chi connectivity index (χ0v) is 19.4. The first-order chi connectivity index (χ1) is 16.4.